The first kappa shape index (κ1) is 18.3. The number of carboxylic acid groups (broad SMARTS) is 1. The monoisotopic (exact) mass is 377 g/mol. The number of aromatic nitrogens is 2. The van der Waals surface area contributed by atoms with Crippen LogP contribution in [0.25, 0.3) is 5.69 Å². The molecule has 2 heterocycles. The molecule has 0 spiro atoms. The molecule has 138 valence electrons. The van der Waals surface area contributed by atoms with Crippen molar-refractivity contribution in [3.05, 3.63) is 46.2 Å². The van der Waals surface area contributed by atoms with Gasteiger partial charge in [-0.15, -0.1) is 0 Å². The van der Waals surface area contributed by atoms with Crippen LogP contribution in [0.2, 0.25) is 5.02 Å². The first-order valence-corrected chi connectivity index (χ1v) is 8.90. The molecule has 1 aromatic heterocycles. The molecule has 26 heavy (non-hydrogen) atoms. The van der Waals surface area contributed by atoms with Crippen molar-refractivity contribution in [1.82, 2.24) is 14.7 Å². The minimum Gasteiger partial charge on any atom is -0.476 e. The van der Waals surface area contributed by atoms with Gasteiger partial charge >= 0.3 is 12.1 Å². The van der Waals surface area contributed by atoms with Gasteiger partial charge in [0.25, 0.3) is 0 Å². The van der Waals surface area contributed by atoms with Gasteiger partial charge in [-0.3, -0.25) is 0 Å². The summed E-state index contributed by atoms with van der Waals surface area (Å²) in [4.78, 5) is 25.3. The number of unbranched alkanes of at least 4 members (excludes halogenated alkanes) is 1. The van der Waals surface area contributed by atoms with Crippen molar-refractivity contribution in [3.63, 3.8) is 0 Å². The number of halogens is 1. The highest BCUT2D eigenvalue weighted by Gasteiger charge is 2.31. The van der Waals surface area contributed by atoms with Crippen LogP contribution in [0.5, 0.6) is 0 Å². The molecule has 3 rings (SSSR count). The average Bonchev–Trinajstić information content (AvgIpc) is 3.01. The van der Waals surface area contributed by atoms with Gasteiger partial charge in [-0.1, -0.05) is 24.9 Å². The summed E-state index contributed by atoms with van der Waals surface area (Å²) in [6.07, 6.45) is 1.83. The van der Waals surface area contributed by atoms with Crippen LogP contribution in [-0.2, 0) is 17.7 Å². The summed E-state index contributed by atoms with van der Waals surface area (Å²) in [6.45, 7) is 3.02. The van der Waals surface area contributed by atoms with Gasteiger partial charge in [0.1, 0.15) is 0 Å². The van der Waals surface area contributed by atoms with Crippen molar-refractivity contribution in [2.45, 2.75) is 32.7 Å². The number of benzene rings is 1. The summed E-state index contributed by atoms with van der Waals surface area (Å²) in [7, 11) is 0. The number of aromatic carboxylic acids is 1. The lowest BCUT2D eigenvalue weighted by Crippen LogP contribution is -2.37. The van der Waals surface area contributed by atoms with Gasteiger partial charge in [0, 0.05) is 23.6 Å². The zero-order valence-electron chi connectivity index (χ0n) is 14.4. The first-order valence-electron chi connectivity index (χ1n) is 8.53. The van der Waals surface area contributed by atoms with E-state index in [2.05, 4.69) is 5.10 Å². The Hall–Kier alpha value is -2.54. The number of fused-ring (bicyclic) bond motifs is 1. The van der Waals surface area contributed by atoms with Gasteiger partial charge in [0.15, 0.2) is 5.69 Å². The molecule has 0 bridgehead atoms. The van der Waals surface area contributed by atoms with E-state index in [0.717, 1.165) is 24.2 Å². The molecule has 0 saturated heterocycles. The number of nitrogens with zero attached hydrogens (tertiary/aromatic N) is 3. The molecule has 7 nitrogen and oxygen atoms in total. The van der Waals surface area contributed by atoms with Crippen molar-refractivity contribution in [3.8, 4) is 5.69 Å². The Bertz CT molecular complexity index is 817. The number of carbonyl (C=O) groups excluding carboxylic acids is 1. The molecule has 0 fully saturated rings. The van der Waals surface area contributed by atoms with Crippen LogP contribution < -0.4 is 0 Å². The molecular formula is C18H20ClN3O4. The quantitative estimate of drug-likeness (QED) is 0.806. The fourth-order valence-corrected chi connectivity index (χ4v) is 3.06. The molecule has 0 unspecified atom stereocenters. The molecule has 1 aliphatic heterocycles. The summed E-state index contributed by atoms with van der Waals surface area (Å²) in [6, 6.07) is 7.02. The fourth-order valence-electron chi connectivity index (χ4n) is 2.94. The molecular weight excluding hydrogens is 358 g/mol. The Balaban J connectivity index is 1.88. The van der Waals surface area contributed by atoms with Gasteiger partial charge in [-0.25, -0.2) is 14.3 Å². The smallest absolute Gasteiger partial charge is 0.410 e. The van der Waals surface area contributed by atoms with Crippen LogP contribution in [0, 0.1) is 0 Å². The molecule has 1 N–H and O–H groups in total. The van der Waals surface area contributed by atoms with Crippen LogP contribution in [0.4, 0.5) is 4.79 Å². The Morgan fingerprint density at radius 3 is 2.69 bits per heavy atom. The number of carbonyl (C=O) groups is 2. The van der Waals surface area contributed by atoms with Gasteiger partial charge in [0.2, 0.25) is 0 Å². The zero-order valence-corrected chi connectivity index (χ0v) is 15.2. The standard InChI is InChI=1S/C18H20ClN3O4/c1-2-3-10-26-18(25)21-9-8-15-14(11-21)16(17(23)24)20-22(15)13-6-4-12(19)5-7-13/h4-7H,2-3,8-11H2,1H3,(H,23,24). The maximum absolute atomic E-state index is 12.2. The summed E-state index contributed by atoms with van der Waals surface area (Å²) < 4.78 is 6.86. The van der Waals surface area contributed by atoms with Gasteiger partial charge < -0.3 is 14.7 Å². The van der Waals surface area contributed by atoms with Crippen LogP contribution in [-0.4, -0.2) is 45.0 Å². The van der Waals surface area contributed by atoms with Crippen molar-refractivity contribution < 1.29 is 19.4 Å². The second-order valence-electron chi connectivity index (χ2n) is 6.11. The van der Waals surface area contributed by atoms with E-state index in [1.54, 1.807) is 28.9 Å². The predicted molar refractivity (Wildman–Crippen MR) is 95.9 cm³/mol. The summed E-state index contributed by atoms with van der Waals surface area (Å²) >= 11 is 5.92. The highest BCUT2D eigenvalue weighted by molar-refractivity contribution is 6.30. The highest BCUT2D eigenvalue weighted by atomic mass is 35.5. The van der Waals surface area contributed by atoms with Gasteiger partial charge in [0.05, 0.1) is 24.5 Å². The normalized spacial score (nSPS) is 13.4. The number of amides is 1. The number of hydrogen-bond donors (Lipinski definition) is 1. The molecule has 0 aliphatic carbocycles. The molecule has 1 aliphatic rings. The number of hydrogen-bond acceptors (Lipinski definition) is 4. The van der Waals surface area contributed by atoms with Crippen LogP contribution in [0.15, 0.2) is 24.3 Å². The van der Waals surface area contributed by atoms with E-state index in [1.165, 1.54) is 4.90 Å². The van der Waals surface area contributed by atoms with E-state index in [1.807, 2.05) is 6.92 Å². The topological polar surface area (TPSA) is 84.7 Å². The molecule has 0 saturated carbocycles. The Morgan fingerprint density at radius 1 is 1.31 bits per heavy atom. The van der Waals surface area contributed by atoms with Crippen molar-refractivity contribution in [2.75, 3.05) is 13.2 Å². The molecule has 0 atom stereocenters. The maximum atomic E-state index is 12.2. The number of ether oxygens (including phenoxy) is 1. The van der Waals surface area contributed by atoms with E-state index in [0.29, 0.717) is 30.2 Å². The van der Waals surface area contributed by atoms with Crippen LogP contribution in [0.1, 0.15) is 41.5 Å². The van der Waals surface area contributed by atoms with E-state index >= 15 is 0 Å². The van der Waals surface area contributed by atoms with Crippen LogP contribution >= 0.6 is 11.6 Å². The minimum absolute atomic E-state index is 0.0407. The van der Waals surface area contributed by atoms with E-state index in [9.17, 15) is 14.7 Å². The molecule has 0 radical (unpaired) electrons. The number of rotatable bonds is 5. The Morgan fingerprint density at radius 2 is 2.04 bits per heavy atom. The van der Waals surface area contributed by atoms with Crippen LogP contribution in [0.3, 0.4) is 0 Å². The summed E-state index contributed by atoms with van der Waals surface area (Å²) in [5.74, 6) is -1.12. The molecule has 2 aromatic rings. The van der Waals surface area contributed by atoms with Crippen molar-refractivity contribution in [2.24, 2.45) is 0 Å². The van der Waals surface area contributed by atoms with Crippen molar-refractivity contribution in [1.29, 1.82) is 0 Å². The minimum atomic E-state index is -1.12. The largest absolute Gasteiger partial charge is 0.476 e. The van der Waals surface area contributed by atoms with Crippen molar-refractivity contribution >= 4 is 23.7 Å². The fraction of sp³-hybridized carbons (Fsp3) is 0.389. The van der Waals surface area contributed by atoms with Gasteiger partial charge in [-0.2, -0.15) is 5.10 Å². The second kappa shape index (κ2) is 7.78. The maximum Gasteiger partial charge on any atom is 0.410 e. The number of carboxylic acids is 1. The van der Waals surface area contributed by atoms with Gasteiger partial charge in [-0.05, 0) is 30.7 Å². The van der Waals surface area contributed by atoms with E-state index in [4.69, 9.17) is 16.3 Å². The summed E-state index contributed by atoms with van der Waals surface area (Å²) in [5, 5.41) is 14.4. The Kier molecular flexibility index (Phi) is 5.46. The third-order valence-corrected chi connectivity index (χ3v) is 4.56. The molecule has 1 aromatic carbocycles. The average molecular weight is 378 g/mol. The highest BCUT2D eigenvalue weighted by Crippen LogP contribution is 2.26. The zero-order chi connectivity index (χ0) is 18.7. The summed E-state index contributed by atoms with van der Waals surface area (Å²) in [5.41, 5.74) is 2.03. The SMILES string of the molecule is CCCCOC(=O)N1CCc2c(c(C(=O)O)nn2-c2ccc(Cl)cc2)C1. The molecule has 8 heteroatoms. The first-order chi connectivity index (χ1) is 12.5. The third-order valence-electron chi connectivity index (χ3n) is 4.31. The lowest BCUT2D eigenvalue weighted by atomic mass is 10.1. The lowest BCUT2D eigenvalue weighted by molar-refractivity contribution is 0.0683. The second-order valence-corrected chi connectivity index (χ2v) is 6.54. The lowest BCUT2D eigenvalue weighted by Gasteiger charge is -2.27. The van der Waals surface area contributed by atoms with E-state index < -0.39 is 12.1 Å². The third kappa shape index (κ3) is 3.67. The van der Waals surface area contributed by atoms with E-state index in [-0.39, 0.29) is 12.2 Å². The molecule has 1 amide bonds. The Labute approximate surface area is 156 Å². The predicted octanol–water partition coefficient (Wildman–Crippen LogP) is 3.52.